The quantitative estimate of drug-likeness (QED) is 0.662. The van der Waals surface area contributed by atoms with Crippen LogP contribution < -0.4 is 10.2 Å². The first-order chi connectivity index (χ1) is 9.81. The Labute approximate surface area is 120 Å². The van der Waals surface area contributed by atoms with Crippen LogP contribution in [-0.2, 0) is 4.79 Å². The first kappa shape index (κ1) is 14.6. The summed E-state index contributed by atoms with van der Waals surface area (Å²) < 4.78 is 5.51. The Balaban J connectivity index is 1.91. The van der Waals surface area contributed by atoms with E-state index in [0.29, 0.717) is 6.61 Å². The molecule has 2 rings (SSSR count). The van der Waals surface area contributed by atoms with Crippen molar-refractivity contribution in [3.05, 3.63) is 29.8 Å². The van der Waals surface area contributed by atoms with Crippen LogP contribution in [0.25, 0.3) is 0 Å². The van der Waals surface area contributed by atoms with Gasteiger partial charge in [0, 0.05) is 11.5 Å². The van der Waals surface area contributed by atoms with Gasteiger partial charge in [0.1, 0.15) is 5.75 Å². The summed E-state index contributed by atoms with van der Waals surface area (Å²) in [7, 11) is 0. The highest BCUT2D eigenvalue weighted by atomic mass is 16.5. The molecule has 1 fully saturated rings. The van der Waals surface area contributed by atoms with Gasteiger partial charge in [0.2, 0.25) is 5.91 Å². The lowest BCUT2D eigenvalue weighted by Crippen LogP contribution is -2.28. The SMILES string of the molecule is CCOc1ccccc1/C=N/NC(=O)C1CCCCC1. The second-order valence-electron chi connectivity index (χ2n) is 5.04. The van der Waals surface area contributed by atoms with Crippen molar-refractivity contribution in [3.63, 3.8) is 0 Å². The van der Waals surface area contributed by atoms with Crippen molar-refractivity contribution in [2.75, 3.05) is 6.61 Å². The molecule has 1 aromatic rings. The van der Waals surface area contributed by atoms with Crippen molar-refractivity contribution in [1.29, 1.82) is 0 Å². The van der Waals surface area contributed by atoms with E-state index in [9.17, 15) is 4.79 Å². The van der Waals surface area contributed by atoms with E-state index in [0.717, 1.165) is 37.0 Å². The molecule has 4 nitrogen and oxygen atoms in total. The number of para-hydroxylation sites is 1. The van der Waals surface area contributed by atoms with Crippen LogP contribution in [0.4, 0.5) is 0 Å². The van der Waals surface area contributed by atoms with Gasteiger partial charge < -0.3 is 4.74 Å². The molecule has 1 aliphatic carbocycles. The Morgan fingerprint density at radius 1 is 1.35 bits per heavy atom. The topological polar surface area (TPSA) is 50.7 Å². The molecule has 0 bridgehead atoms. The first-order valence-electron chi connectivity index (χ1n) is 7.36. The van der Waals surface area contributed by atoms with Crippen LogP contribution in [0, 0.1) is 5.92 Å². The summed E-state index contributed by atoms with van der Waals surface area (Å²) in [5.41, 5.74) is 3.52. The number of hydrazone groups is 1. The third-order valence-corrected chi connectivity index (χ3v) is 3.57. The molecule has 20 heavy (non-hydrogen) atoms. The summed E-state index contributed by atoms with van der Waals surface area (Å²) in [4.78, 5) is 11.9. The van der Waals surface area contributed by atoms with E-state index in [4.69, 9.17) is 4.74 Å². The van der Waals surface area contributed by atoms with Gasteiger partial charge in [-0.2, -0.15) is 5.10 Å². The number of hydrogen-bond acceptors (Lipinski definition) is 3. The molecule has 0 unspecified atom stereocenters. The molecule has 4 heteroatoms. The van der Waals surface area contributed by atoms with Crippen molar-refractivity contribution in [2.24, 2.45) is 11.0 Å². The van der Waals surface area contributed by atoms with Crippen LogP contribution in [-0.4, -0.2) is 18.7 Å². The Kier molecular flexibility index (Phi) is 5.59. The molecule has 0 spiro atoms. The van der Waals surface area contributed by atoms with E-state index in [1.807, 2.05) is 31.2 Å². The van der Waals surface area contributed by atoms with Crippen LogP contribution >= 0.6 is 0 Å². The summed E-state index contributed by atoms with van der Waals surface area (Å²) >= 11 is 0. The lowest BCUT2D eigenvalue weighted by molar-refractivity contribution is -0.125. The third kappa shape index (κ3) is 4.08. The van der Waals surface area contributed by atoms with Gasteiger partial charge in [0.15, 0.2) is 0 Å². The maximum atomic E-state index is 11.9. The highest BCUT2D eigenvalue weighted by Gasteiger charge is 2.20. The van der Waals surface area contributed by atoms with Gasteiger partial charge in [-0.3, -0.25) is 4.79 Å². The van der Waals surface area contributed by atoms with Crippen molar-refractivity contribution in [1.82, 2.24) is 5.43 Å². The molecule has 0 aromatic heterocycles. The van der Waals surface area contributed by atoms with Crippen molar-refractivity contribution in [3.8, 4) is 5.75 Å². The number of rotatable bonds is 5. The van der Waals surface area contributed by atoms with Crippen molar-refractivity contribution >= 4 is 12.1 Å². The number of nitrogens with one attached hydrogen (secondary N) is 1. The average Bonchev–Trinajstić information content (AvgIpc) is 2.50. The van der Waals surface area contributed by atoms with Crippen LogP contribution in [0.2, 0.25) is 0 Å². The Bertz CT molecular complexity index is 465. The molecule has 0 atom stereocenters. The number of nitrogens with zero attached hydrogens (tertiary/aromatic N) is 1. The van der Waals surface area contributed by atoms with E-state index in [1.54, 1.807) is 6.21 Å². The minimum atomic E-state index is 0.0369. The highest BCUT2D eigenvalue weighted by molar-refractivity contribution is 5.85. The Hall–Kier alpha value is -1.84. The number of carbonyl (C=O) groups is 1. The van der Waals surface area contributed by atoms with Crippen LogP contribution in [0.3, 0.4) is 0 Å². The van der Waals surface area contributed by atoms with Crippen molar-refractivity contribution in [2.45, 2.75) is 39.0 Å². The largest absolute Gasteiger partial charge is 0.493 e. The summed E-state index contributed by atoms with van der Waals surface area (Å²) in [5.74, 6) is 0.948. The second kappa shape index (κ2) is 7.68. The molecule has 1 aromatic carbocycles. The molecule has 0 aliphatic heterocycles. The van der Waals surface area contributed by atoms with Crippen LogP contribution in [0.1, 0.15) is 44.6 Å². The average molecular weight is 274 g/mol. The predicted octanol–water partition coefficient (Wildman–Crippen LogP) is 3.12. The zero-order valence-corrected chi connectivity index (χ0v) is 12.0. The molecule has 1 amide bonds. The van der Waals surface area contributed by atoms with E-state index in [-0.39, 0.29) is 11.8 Å². The Morgan fingerprint density at radius 2 is 2.10 bits per heavy atom. The molecule has 108 valence electrons. The second-order valence-corrected chi connectivity index (χ2v) is 5.04. The van der Waals surface area contributed by atoms with E-state index < -0.39 is 0 Å². The lowest BCUT2D eigenvalue weighted by Gasteiger charge is -2.19. The van der Waals surface area contributed by atoms with Gasteiger partial charge in [0.05, 0.1) is 12.8 Å². The monoisotopic (exact) mass is 274 g/mol. The minimum Gasteiger partial charge on any atom is -0.493 e. The third-order valence-electron chi connectivity index (χ3n) is 3.57. The smallest absolute Gasteiger partial charge is 0.243 e. The maximum Gasteiger partial charge on any atom is 0.243 e. The summed E-state index contributed by atoms with van der Waals surface area (Å²) in [5, 5.41) is 4.06. The van der Waals surface area contributed by atoms with Gasteiger partial charge in [0.25, 0.3) is 0 Å². The Morgan fingerprint density at radius 3 is 2.85 bits per heavy atom. The number of ether oxygens (including phenoxy) is 1. The number of benzene rings is 1. The van der Waals surface area contributed by atoms with Gasteiger partial charge in [-0.05, 0) is 31.9 Å². The molecular weight excluding hydrogens is 252 g/mol. The summed E-state index contributed by atoms with van der Waals surface area (Å²) in [6, 6.07) is 7.66. The first-order valence-corrected chi connectivity index (χ1v) is 7.36. The number of amides is 1. The van der Waals surface area contributed by atoms with Crippen molar-refractivity contribution < 1.29 is 9.53 Å². The molecule has 0 saturated heterocycles. The minimum absolute atomic E-state index is 0.0369. The van der Waals surface area contributed by atoms with Gasteiger partial charge in [-0.15, -0.1) is 0 Å². The summed E-state index contributed by atoms with van der Waals surface area (Å²) in [6.07, 6.45) is 7.15. The lowest BCUT2D eigenvalue weighted by atomic mass is 9.89. The molecular formula is C16H22N2O2. The van der Waals surface area contributed by atoms with Gasteiger partial charge in [-0.25, -0.2) is 5.43 Å². The fourth-order valence-corrected chi connectivity index (χ4v) is 2.50. The van der Waals surface area contributed by atoms with Crippen LogP contribution in [0.15, 0.2) is 29.4 Å². The van der Waals surface area contributed by atoms with E-state index in [1.165, 1.54) is 6.42 Å². The number of hydrogen-bond donors (Lipinski definition) is 1. The van der Waals surface area contributed by atoms with E-state index >= 15 is 0 Å². The molecule has 1 N–H and O–H groups in total. The molecule has 1 aliphatic rings. The van der Waals surface area contributed by atoms with Crippen LogP contribution in [0.5, 0.6) is 5.75 Å². The fourth-order valence-electron chi connectivity index (χ4n) is 2.50. The van der Waals surface area contributed by atoms with Gasteiger partial charge in [-0.1, -0.05) is 31.4 Å². The normalized spacial score (nSPS) is 16.2. The molecule has 0 radical (unpaired) electrons. The molecule has 0 heterocycles. The highest BCUT2D eigenvalue weighted by Crippen LogP contribution is 2.23. The van der Waals surface area contributed by atoms with Gasteiger partial charge >= 0.3 is 0 Å². The number of carbonyl (C=O) groups excluding carboxylic acids is 1. The van der Waals surface area contributed by atoms with E-state index in [2.05, 4.69) is 10.5 Å². The molecule has 1 saturated carbocycles. The summed E-state index contributed by atoms with van der Waals surface area (Å²) in [6.45, 7) is 2.55. The zero-order valence-electron chi connectivity index (χ0n) is 12.0. The fraction of sp³-hybridized carbons (Fsp3) is 0.500. The standard InChI is InChI=1S/C16H22N2O2/c1-2-20-15-11-7-6-10-14(15)12-17-18-16(19)13-8-4-3-5-9-13/h6-7,10-13H,2-5,8-9H2,1H3,(H,18,19)/b17-12+. The maximum absolute atomic E-state index is 11.9. The predicted molar refractivity (Wildman–Crippen MR) is 79.9 cm³/mol. The zero-order chi connectivity index (χ0) is 14.2.